The number of anilines is 1. The van der Waals surface area contributed by atoms with Crippen LogP contribution in [-0.2, 0) is 0 Å². The molecule has 0 bridgehead atoms. The molecule has 0 aliphatic heterocycles. The molecule has 5 heteroatoms. The first-order valence-electron chi connectivity index (χ1n) is 6.94. The van der Waals surface area contributed by atoms with E-state index >= 15 is 0 Å². The third kappa shape index (κ3) is 3.25. The van der Waals surface area contributed by atoms with Gasteiger partial charge >= 0.3 is 0 Å². The zero-order valence-electron chi connectivity index (χ0n) is 11.7. The van der Waals surface area contributed by atoms with Gasteiger partial charge < -0.3 is 16.2 Å². The number of aliphatic hydroxyl groups excluding tert-OH is 1. The van der Waals surface area contributed by atoms with E-state index in [0.717, 1.165) is 25.7 Å². The molecule has 1 aliphatic carbocycles. The van der Waals surface area contributed by atoms with Gasteiger partial charge in [-0.3, -0.25) is 4.79 Å². The van der Waals surface area contributed by atoms with Crippen LogP contribution in [0.2, 0.25) is 5.02 Å². The Morgan fingerprint density at radius 3 is 2.95 bits per heavy atom. The zero-order valence-corrected chi connectivity index (χ0v) is 12.4. The summed E-state index contributed by atoms with van der Waals surface area (Å²) in [6, 6.07) is 4.82. The fraction of sp³-hybridized carbons (Fsp3) is 0.533. The van der Waals surface area contributed by atoms with Crippen molar-refractivity contribution in [2.24, 2.45) is 5.92 Å². The van der Waals surface area contributed by atoms with Crippen molar-refractivity contribution in [2.45, 2.75) is 38.1 Å². The lowest BCUT2D eigenvalue weighted by atomic mass is 9.76. The van der Waals surface area contributed by atoms with Gasteiger partial charge in [-0.1, -0.05) is 31.4 Å². The number of amides is 1. The molecular weight excluding hydrogens is 276 g/mol. The predicted octanol–water partition coefficient (Wildman–Crippen LogP) is 2.59. The van der Waals surface area contributed by atoms with Gasteiger partial charge in [0.15, 0.2) is 0 Å². The topological polar surface area (TPSA) is 75.3 Å². The second-order valence-electron chi connectivity index (χ2n) is 5.83. The average molecular weight is 297 g/mol. The number of nitrogen functional groups attached to an aromatic ring is 1. The molecular formula is C15H21ClN2O2. The van der Waals surface area contributed by atoms with Crippen LogP contribution in [0.25, 0.3) is 0 Å². The van der Waals surface area contributed by atoms with Gasteiger partial charge in [-0.05, 0) is 37.0 Å². The maximum Gasteiger partial charge on any atom is 0.251 e. The smallest absolute Gasteiger partial charge is 0.251 e. The standard InChI is InChI=1S/C15H21ClN2O2/c1-10-3-2-6-15(8-10,9-19)18-14(20)11-4-5-13(17)12(16)7-11/h4-5,7,10,19H,2-3,6,8-9,17H2,1H3,(H,18,20). The molecule has 0 heterocycles. The van der Waals surface area contributed by atoms with Crippen molar-refractivity contribution in [3.8, 4) is 0 Å². The van der Waals surface area contributed by atoms with E-state index in [9.17, 15) is 9.90 Å². The molecule has 0 saturated heterocycles. The summed E-state index contributed by atoms with van der Waals surface area (Å²) in [6.45, 7) is 2.11. The predicted molar refractivity (Wildman–Crippen MR) is 80.8 cm³/mol. The fourth-order valence-corrected chi connectivity index (χ4v) is 3.12. The number of halogens is 1. The van der Waals surface area contributed by atoms with Crippen molar-refractivity contribution in [3.05, 3.63) is 28.8 Å². The molecule has 1 saturated carbocycles. The highest BCUT2D eigenvalue weighted by atomic mass is 35.5. The normalized spacial score (nSPS) is 26.2. The Kier molecular flexibility index (Phi) is 4.55. The summed E-state index contributed by atoms with van der Waals surface area (Å²) in [5.74, 6) is 0.293. The first-order chi connectivity index (χ1) is 9.46. The van der Waals surface area contributed by atoms with Gasteiger partial charge in [0.05, 0.1) is 22.9 Å². The highest BCUT2D eigenvalue weighted by molar-refractivity contribution is 6.33. The molecule has 1 aromatic carbocycles. The molecule has 1 aliphatic rings. The summed E-state index contributed by atoms with van der Waals surface area (Å²) in [5, 5.41) is 13.0. The summed E-state index contributed by atoms with van der Waals surface area (Å²) in [4.78, 5) is 12.3. The monoisotopic (exact) mass is 296 g/mol. The Labute approximate surface area is 124 Å². The molecule has 20 heavy (non-hydrogen) atoms. The summed E-state index contributed by atoms with van der Waals surface area (Å²) >= 11 is 5.94. The van der Waals surface area contributed by atoms with Crippen LogP contribution in [0.4, 0.5) is 5.69 Å². The quantitative estimate of drug-likeness (QED) is 0.751. The van der Waals surface area contributed by atoms with Crippen LogP contribution in [0.1, 0.15) is 43.0 Å². The Morgan fingerprint density at radius 1 is 1.60 bits per heavy atom. The second-order valence-corrected chi connectivity index (χ2v) is 6.24. The van der Waals surface area contributed by atoms with Crippen molar-refractivity contribution in [3.63, 3.8) is 0 Å². The zero-order chi connectivity index (χ0) is 14.8. The third-order valence-corrected chi connectivity index (χ3v) is 4.36. The summed E-state index contributed by atoms with van der Waals surface area (Å²) in [5.41, 5.74) is 6.05. The van der Waals surface area contributed by atoms with Gasteiger partial charge in [-0.25, -0.2) is 0 Å². The van der Waals surface area contributed by atoms with E-state index in [1.165, 1.54) is 0 Å². The molecule has 110 valence electrons. The minimum absolute atomic E-state index is 0.0359. The number of aliphatic hydroxyl groups is 1. The molecule has 4 N–H and O–H groups in total. The molecule has 2 atom stereocenters. The van der Waals surface area contributed by atoms with Crippen molar-refractivity contribution >= 4 is 23.2 Å². The van der Waals surface area contributed by atoms with E-state index in [0.29, 0.717) is 22.2 Å². The minimum Gasteiger partial charge on any atom is -0.398 e. The van der Waals surface area contributed by atoms with Crippen LogP contribution in [0.5, 0.6) is 0 Å². The van der Waals surface area contributed by atoms with Crippen molar-refractivity contribution in [1.29, 1.82) is 0 Å². The molecule has 2 rings (SSSR count). The number of nitrogens with one attached hydrogen (secondary N) is 1. The van der Waals surface area contributed by atoms with Gasteiger partial charge in [-0.2, -0.15) is 0 Å². The van der Waals surface area contributed by atoms with Gasteiger partial charge in [-0.15, -0.1) is 0 Å². The third-order valence-electron chi connectivity index (χ3n) is 4.04. The number of hydrogen-bond acceptors (Lipinski definition) is 3. The molecule has 0 radical (unpaired) electrons. The fourth-order valence-electron chi connectivity index (χ4n) is 2.94. The highest BCUT2D eigenvalue weighted by Crippen LogP contribution is 2.32. The number of carbonyl (C=O) groups excluding carboxylic acids is 1. The molecule has 4 nitrogen and oxygen atoms in total. The number of carbonyl (C=O) groups is 1. The lowest BCUT2D eigenvalue weighted by molar-refractivity contribution is 0.0697. The van der Waals surface area contributed by atoms with Crippen LogP contribution >= 0.6 is 11.6 Å². The molecule has 1 fully saturated rings. The largest absolute Gasteiger partial charge is 0.398 e. The average Bonchev–Trinajstić information content (AvgIpc) is 2.41. The van der Waals surface area contributed by atoms with Crippen molar-refractivity contribution in [2.75, 3.05) is 12.3 Å². The maximum atomic E-state index is 12.3. The first-order valence-corrected chi connectivity index (χ1v) is 7.32. The maximum absolute atomic E-state index is 12.3. The lowest BCUT2D eigenvalue weighted by Gasteiger charge is -2.39. The molecule has 1 amide bonds. The van der Waals surface area contributed by atoms with Crippen LogP contribution in [0.15, 0.2) is 18.2 Å². The number of benzene rings is 1. The van der Waals surface area contributed by atoms with Gasteiger partial charge in [0.25, 0.3) is 5.91 Å². The Balaban J connectivity index is 2.14. The Morgan fingerprint density at radius 2 is 2.35 bits per heavy atom. The molecule has 1 aromatic rings. The summed E-state index contributed by atoms with van der Waals surface area (Å²) < 4.78 is 0. The van der Waals surface area contributed by atoms with E-state index in [-0.39, 0.29) is 12.5 Å². The van der Waals surface area contributed by atoms with Crippen LogP contribution < -0.4 is 11.1 Å². The second kappa shape index (κ2) is 6.02. The van der Waals surface area contributed by atoms with Crippen LogP contribution in [0, 0.1) is 5.92 Å². The van der Waals surface area contributed by atoms with E-state index in [2.05, 4.69) is 12.2 Å². The van der Waals surface area contributed by atoms with E-state index < -0.39 is 5.54 Å². The lowest BCUT2D eigenvalue weighted by Crippen LogP contribution is -2.53. The van der Waals surface area contributed by atoms with Crippen molar-refractivity contribution < 1.29 is 9.90 Å². The first kappa shape index (κ1) is 15.1. The van der Waals surface area contributed by atoms with Gasteiger partial charge in [0.2, 0.25) is 0 Å². The minimum atomic E-state index is -0.511. The highest BCUT2D eigenvalue weighted by Gasteiger charge is 2.35. The van der Waals surface area contributed by atoms with E-state index in [4.69, 9.17) is 17.3 Å². The molecule has 0 spiro atoms. The van der Waals surface area contributed by atoms with E-state index in [1.54, 1.807) is 18.2 Å². The summed E-state index contributed by atoms with van der Waals surface area (Å²) in [6.07, 6.45) is 3.77. The Bertz CT molecular complexity index is 507. The number of nitrogens with two attached hydrogens (primary N) is 1. The molecule has 2 unspecified atom stereocenters. The number of hydrogen-bond donors (Lipinski definition) is 3. The number of rotatable bonds is 3. The Hall–Kier alpha value is -1.26. The van der Waals surface area contributed by atoms with Crippen LogP contribution in [-0.4, -0.2) is 23.2 Å². The van der Waals surface area contributed by atoms with Gasteiger partial charge in [0.1, 0.15) is 0 Å². The SMILES string of the molecule is CC1CCCC(CO)(NC(=O)c2ccc(N)c(Cl)c2)C1. The molecule has 0 aromatic heterocycles. The van der Waals surface area contributed by atoms with Crippen molar-refractivity contribution in [1.82, 2.24) is 5.32 Å². The van der Waals surface area contributed by atoms with E-state index in [1.807, 2.05) is 0 Å². The summed E-state index contributed by atoms with van der Waals surface area (Å²) in [7, 11) is 0. The van der Waals surface area contributed by atoms with Gasteiger partial charge in [0, 0.05) is 5.56 Å². The van der Waals surface area contributed by atoms with Crippen LogP contribution in [0.3, 0.4) is 0 Å².